The second-order valence-corrected chi connectivity index (χ2v) is 7.02. The molecule has 7 heteroatoms. The van der Waals surface area contributed by atoms with Crippen LogP contribution in [0.2, 0.25) is 5.02 Å². The van der Waals surface area contributed by atoms with E-state index in [4.69, 9.17) is 25.8 Å². The van der Waals surface area contributed by atoms with Crippen LogP contribution in [0.4, 0.5) is 4.39 Å². The van der Waals surface area contributed by atoms with Crippen LogP contribution < -0.4 is 4.74 Å². The Labute approximate surface area is 184 Å². The average Bonchev–Trinajstić information content (AvgIpc) is 2.77. The molecule has 0 saturated carbocycles. The summed E-state index contributed by atoms with van der Waals surface area (Å²) >= 11 is 5.98. The minimum atomic E-state index is -0.674. The summed E-state index contributed by atoms with van der Waals surface area (Å²) < 4.78 is 29.5. The molecule has 0 aromatic heterocycles. The summed E-state index contributed by atoms with van der Waals surface area (Å²) in [6, 6.07) is 20.4. The molecule has 0 radical (unpaired) electrons. The van der Waals surface area contributed by atoms with Crippen molar-refractivity contribution < 1.29 is 28.2 Å². The minimum Gasteiger partial charge on any atom is -0.489 e. The number of esters is 2. The van der Waals surface area contributed by atoms with Gasteiger partial charge >= 0.3 is 11.9 Å². The Bertz CT molecular complexity index is 1000. The fraction of sp³-hybridized carbons (Fsp3) is 0.167. The maximum atomic E-state index is 13.8. The SMILES string of the molecule is O=C(CC(=O)OCc1ccc(OCc2c(F)cccc2Cl)cc1)OCc1ccccc1. The van der Waals surface area contributed by atoms with Crippen molar-refractivity contribution in [3.8, 4) is 5.75 Å². The Balaban J connectivity index is 1.40. The summed E-state index contributed by atoms with van der Waals surface area (Å²) in [6.45, 7) is 0.0989. The molecule has 0 aliphatic rings. The van der Waals surface area contributed by atoms with E-state index in [-0.39, 0.29) is 25.4 Å². The zero-order valence-electron chi connectivity index (χ0n) is 16.6. The maximum Gasteiger partial charge on any atom is 0.317 e. The lowest BCUT2D eigenvalue weighted by atomic mass is 10.2. The van der Waals surface area contributed by atoms with Crippen molar-refractivity contribution in [3.05, 3.63) is 100 Å². The third-order valence-electron chi connectivity index (χ3n) is 4.30. The van der Waals surface area contributed by atoms with Gasteiger partial charge in [-0.3, -0.25) is 9.59 Å². The molecule has 5 nitrogen and oxygen atoms in total. The van der Waals surface area contributed by atoms with E-state index >= 15 is 0 Å². The first-order valence-electron chi connectivity index (χ1n) is 9.51. The number of ether oxygens (including phenoxy) is 3. The van der Waals surface area contributed by atoms with Crippen molar-refractivity contribution in [1.82, 2.24) is 0 Å². The number of carbonyl (C=O) groups excluding carboxylic acids is 2. The number of hydrogen-bond donors (Lipinski definition) is 0. The van der Waals surface area contributed by atoms with E-state index in [9.17, 15) is 14.0 Å². The Hall–Kier alpha value is -3.38. The molecule has 3 rings (SSSR count). The highest BCUT2D eigenvalue weighted by atomic mass is 35.5. The molecule has 0 N–H and O–H groups in total. The van der Waals surface area contributed by atoms with Crippen LogP contribution in [-0.4, -0.2) is 11.9 Å². The van der Waals surface area contributed by atoms with Crippen LogP contribution >= 0.6 is 11.6 Å². The number of carbonyl (C=O) groups is 2. The van der Waals surface area contributed by atoms with Gasteiger partial charge in [-0.25, -0.2) is 4.39 Å². The first-order chi connectivity index (χ1) is 15.0. The van der Waals surface area contributed by atoms with Gasteiger partial charge in [0, 0.05) is 5.56 Å². The summed E-state index contributed by atoms with van der Waals surface area (Å²) in [6.07, 6.45) is -0.461. The number of benzene rings is 3. The lowest BCUT2D eigenvalue weighted by Crippen LogP contribution is -2.13. The zero-order valence-corrected chi connectivity index (χ0v) is 17.3. The van der Waals surface area contributed by atoms with Crippen molar-refractivity contribution in [2.75, 3.05) is 0 Å². The predicted molar refractivity (Wildman–Crippen MR) is 113 cm³/mol. The van der Waals surface area contributed by atoms with Crippen molar-refractivity contribution in [1.29, 1.82) is 0 Å². The topological polar surface area (TPSA) is 61.8 Å². The molecule has 0 aliphatic heterocycles. The highest BCUT2D eigenvalue weighted by molar-refractivity contribution is 6.31. The standard InChI is InChI=1S/C24H20ClFO5/c25-21-7-4-8-22(26)20(21)16-29-19-11-9-18(10-12-19)15-31-24(28)13-23(27)30-14-17-5-2-1-3-6-17/h1-12H,13-16H2. The van der Waals surface area contributed by atoms with Crippen molar-refractivity contribution in [3.63, 3.8) is 0 Å². The van der Waals surface area contributed by atoms with E-state index in [1.165, 1.54) is 12.1 Å². The highest BCUT2D eigenvalue weighted by Gasteiger charge is 2.13. The van der Waals surface area contributed by atoms with Gasteiger partial charge in [0.15, 0.2) is 0 Å². The molecular weight excluding hydrogens is 423 g/mol. The first-order valence-corrected chi connectivity index (χ1v) is 9.89. The second kappa shape index (κ2) is 11.1. The van der Waals surface area contributed by atoms with Gasteiger partial charge in [-0.05, 0) is 35.4 Å². The van der Waals surface area contributed by atoms with Gasteiger partial charge in [0.1, 0.15) is 37.8 Å². The van der Waals surface area contributed by atoms with Gasteiger partial charge in [-0.2, -0.15) is 0 Å². The third kappa shape index (κ3) is 7.12. The van der Waals surface area contributed by atoms with E-state index in [0.717, 1.165) is 5.56 Å². The number of hydrogen-bond acceptors (Lipinski definition) is 5. The quantitative estimate of drug-likeness (QED) is 0.335. The monoisotopic (exact) mass is 442 g/mol. The fourth-order valence-corrected chi connectivity index (χ4v) is 2.85. The van der Waals surface area contributed by atoms with Gasteiger partial charge < -0.3 is 14.2 Å². The summed E-state index contributed by atoms with van der Waals surface area (Å²) in [5, 5.41) is 0.297. The van der Waals surface area contributed by atoms with Gasteiger partial charge in [0.25, 0.3) is 0 Å². The molecule has 0 atom stereocenters. The summed E-state index contributed by atoms with van der Waals surface area (Å²) in [5.74, 6) is -1.24. The normalized spacial score (nSPS) is 10.4. The van der Waals surface area contributed by atoms with Crippen LogP contribution in [0.5, 0.6) is 5.75 Å². The van der Waals surface area contributed by atoms with Crippen LogP contribution in [-0.2, 0) is 38.9 Å². The molecule has 160 valence electrons. The van der Waals surface area contributed by atoms with Crippen molar-refractivity contribution in [2.24, 2.45) is 0 Å². The average molecular weight is 443 g/mol. The Morgan fingerprint density at radius 3 is 1.97 bits per heavy atom. The second-order valence-electron chi connectivity index (χ2n) is 6.62. The summed E-state index contributed by atoms with van der Waals surface area (Å²) in [5.41, 5.74) is 1.83. The van der Waals surface area contributed by atoms with E-state index in [2.05, 4.69) is 0 Å². The summed E-state index contributed by atoms with van der Waals surface area (Å²) in [7, 11) is 0. The van der Waals surface area contributed by atoms with E-state index < -0.39 is 24.2 Å². The lowest BCUT2D eigenvalue weighted by molar-refractivity contribution is -0.156. The minimum absolute atomic E-state index is 0.00419. The molecule has 0 heterocycles. The molecule has 3 aromatic rings. The number of halogens is 2. The van der Waals surface area contributed by atoms with E-state index in [0.29, 0.717) is 16.3 Å². The third-order valence-corrected chi connectivity index (χ3v) is 4.65. The Kier molecular flexibility index (Phi) is 8.01. The maximum absolute atomic E-state index is 13.8. The zero-order chi connectivity index (χ0) is 22.1. The molecule has 0 unspecified atom stereocenters. The molecule has 3 aromatic carbocycles. The molecule has 0 aliphatic carbocycles. The molecular formula is C24H20ClFO5. The van der Waals surface area contributed by atoms with Crippen LogP contribution in [0.3, 0.4) is 0 Å². The molecule has 0 fully saturated rings. The summed E-state index contributed by atoms with van der Waals surface area (Å²) in [4.78, 5) is 23.6. The van der Waals surface area contributed by atoms with Gasteiger partial charge in [-0.15, -0.1) is 0 Å². The molecule has 0 saturated heterocycles. The fourth-order valence-electron chi connectivity index (χ4n) is 2.63. The van der Waals surface area contributed by atoms with Crippen LogP contribution in [0, 0.1) is 5.82 Å². The lowest BCUT2D eigenvalue weighted by Gasteiger charge is -2.10. The molecule has 0 bridgehead atoms. The predicted octanol–water partition coefficient (Wildman–Crippen LogP) is 5.23. The van der Waals surface area contributed by atoms with Crippen LogP contribution in [0.25, 0.3) is 0 Å². The largest absolute Gasteiger partial charge is 0.489 e. The van der Waals surface area contributed by atoms with E-state index in [1.54, 1.807) is 30.3 Å². The molecule has 31 heavy (non-hydrogen) atoms. The van der Waals surface area contributed by atoms with Gasteiger partial charge in [0.2, 0.25) is 0 Å². The van der Waals surface area contributed by atoms with Crippen molar-refractivity contribution >= 4 is 23.5 Å². The van der Waals surface area contributed by atoms with Gasteiger partial charge in [0.05, 0.1) is 5.02 Å². The Morgan fingerprint density at radius 2 is 1.35 bits per heavy atom. The molecule has 0 spiro atoms. The van der Waals surface area contributed by atoms with Gasteiger partial charge in [-0.1, -0.05) is 60.1 Å². The van der Waals surface area contributed by atoms with E-state index in [1.807, 2.05) is 30.3 Å². The van der Waals surface area contributed by atoms with Crippen LogP contribution in [0.15, 0.2) is 72.8 Å². The smallest absolute Gasteiger partial charge is 0.317 e. The Morgan fingerprint density at radius 1 is 0.742 bits per heavy atom. The van der Waals surface area contributed by atoms with Crippen molar-refractivity contribution in [2.45, 2.75) is 26.2 Å². The van der Waals surface area contributed by atoms with Crippen LogP contribution in [0.1, 0.15) is 23.1 Å². The number of rotatable bonds is 9. The molecule has 0 amide bonds. The highest BCUT2D eigenvalue weighted by Crippen LogP contribution is 2.22. The first kappa shape index (κ1) is 22.3.